The second kappa shape index (κ2) is 13.7. The molecule has 0 aliphatic carbocycles. The van der Waals surface area contributed by atoms with E-state index in [0.29, 0.717) is 19.0 Å². The van der Waals surface area contributed by atoms with Crippen LogP contribution in [0, 0.1) is 11.8 Å². The van der Waals surface area contributed by atoms with Gasteiger partial charge in [0, 0.05) is 24.2 Å². The zero-order chi connectivity index (χ0) is 32.9. The van der Waals surface area contributed by atoms with Gasteiger partial charge in [0.1, 0.15) is 29.3 Å². The van der Waals surface area contributed by atoms with Crippen molar-refractivity contribution in [3.8, 4) is 23.3 Å². The molecule has 0 atom stereocenters. The van der Waals surface area contributed by atoms with Gasteiger partial charge in [-0.3, -0.25) is 9.67 Å². The van der Waals surface area contributed by atoms with Crippen LogP contribution in [0.3, 0.4) is 0 Å². The molecule has 0 spiro atoms. The smallest absolute Gasteiger partial charge is 0.261 e. The Bertz CT molecular complexity index is 1980. The fraction of sp³-hybridized carbons (Fsp3) is 0.200. The predicted molar refractivity (Wildman–Crippen MR) is 191 cm³/mol. The average Bonchev–Trinajstić information content (AvgIpc) is 3.45. The van der Waals surface area contributed by atoms with Crippen molar-refractivity contribution < 1.29 is 13.9 Å². The number of pyridine rings is 1. The second-order valence-electron chi connectivity index (χ2n) is 12.5. The molecule has 6 rings (SSSR count). The van der Waals surface area contributed by atoms with E-state index < -0.39 is 8.32 Å². The maximum Gasteiger partial charge on any atom is 0.261 e. The van der Waals surface area contributed by atoms with Gasteiger partial charge in [0.2, 0.25) is 0 Å². The van der Waals surface area contributed by atoms with E-state index in [1.807, 2.05) is 66.3 Å². The summed E-state index contributed by atoms with van der Waals surface area (Å²) in [5, 5.41) is 8.13. The van der Waals surface area contributed by atoms with Crippen molar-refractivity contribution in [3.63, 3.8) is 0 Å². The molecule has 0 amide bonds. The van der Waals surface area contributed by atoms with Gasteiger partial charge in [0.15, 0.2) is 0 Å². The number of benzene rings is 4. The Labute approximate surface area is 278 Å². The van der Waals surface area contributed by atoms with Crippen LogP contribution in [0.2, 0.25) is 5.04 Å². The predicted octanol–water partition coefficient (Wildman–Crippen LogP) is 7.03. The van der Waals surface area contributed by atoms with E-state index in [9.17, 15) is 0 Å². The van der Waals surface area contributed by atoms with E-state index in [-0.39, 0.29) is 5.04 Å². The van der Waals surface area contributed by atoms with Crippen LogP contribution in [0.4, 0.5) is 0 Å². The van der Waals surface area contributed by atoms with E-state index in [4.69, 9.17) is 19.0 Å². The van der Waals surface area contributed by atoms with Crippen LogP contribution in [-0.4, -0.2) is 30.2 Å². The van der Waals surface area contributed by atoms with Crippen LogP contribution < -0.4 is 19.8 Å². The van der Waals surface area contributed by atoms with Crippen molar-refractivity contribution in [3.05, 3.63) is 144 Å². The maximum absolute atomic E-state index is 7.11. The van der Waals surface area contributed by atoms with Gasteiger partial charge < -0.3 is 13.9 Å². The summed E-state index contributed by atoms with van der Waals surface area (Å²) in [6.07, 6.45) is 1.78. The molecule has 236 valence electrons. The molecule has 4 aromatic carbocycles. The van der Waals surface area contributed by atoms with Crippen LogP contribution in [0.15, 0.2) is 121 Å². The SMILES string of the molecule is COc1ccc(COc2cc(C#Cc3cc(CO[Si](c4ccccc4)(c4ccccc4)C(C)(C)C)nn3C)cc3cccnc23)cc1. The zero-order valence-electron chi connectivity index (χ0n) is 27.5. The molecule has 0 radical (unpaired) electrons. The summed E-state index contributed by atoms with van der Waals surface area (Å²) in [6, 6.07) is 39.1. The van der Waals surface area contributed by atoms with Gasteiger partial charge in [-0.05, 0) is 63.3 Å². The highest BCUT2D eigenvalue weighted by atomic mass is 28.4. The monoisotopic (exact) mass is 637 g/mol. The largest absolute Gasteiger partial charge is 0.497 e. The molecule has 7 heteroatoms. The summed E-state index contributed by atoms with van der Waals surface area (Å²) in [5.41, 5.74) is 4.32. The number of methoxy groups -OCH3 is 1. The van der Waals surface area contributed by atoms with Crippen LogP contribution in [-0.2, 0) is 24.7 Å². The minimum atomic E-state index is -2.69. The fourth-order valence-corrected chi connectivity index (χ4v) is 10.5. The summed E-state index contributed by atoms with van der Waals surface area (Å²) < 4.78 is 20.5. The van der Waals surface area contributed by atoms with Crippen molar-refractivity contribution in [2.24, 2.45) is 7.05 Å². The number of aryl methyl sites for hydroxylation is 1. The van der Waals surface area contributed by atoms with Crippen LogP contribution in [0.25, 0.3) is 10.9 Å². The molecule has 0 aliphatic rings. The topological polar surface area (TPSA) is 58.4 Å². The third kappa shape index (κ3) is 6.85. The first kappa shape index (κ1) is 31.8. The third-order valence-corrected chi connectivity index (χ3v) is 13.3. The molecule has 47 heavy (non-hydrogen) atoms. The molecular formula is C40H39N3O3Si. The molecule has 0 saturated heterocycles. The van der Waals surface area contributed by atoms with E-state index in [0.717, 1.165) is 39.2 Å². The van der Waals surface area contributed by atoms with E-state index in [1.165, 1.54) is 10.4 Å². The molecule has 6 nitrogen and oxygen atoms in total. The Kier molecular flexibility index (Phi) is 9.25. The first-order chi connectivity index (χ1) is 22.8. The lowest BCUT2D eigenvalue weighted by Gasteiger charge is -2.42. The van der Waals surface area contributed by atoms with Gasteiger partial charge in [-0.25, -0.2) is 0 Å². The quantitative estimate of drug-likeness (QED) is 0.126. The first-order valence-electron chi connectivity index (χ1n) is 15.7. The minimum absolute atomic E-state index is 0.120. The average molecular weight is 638 g/mol. The summed E-state index contributed by atoms with van der Waals surface area (Å²) >= 11 is 0. The zero-order valence-corrected chi connectivity index (χ0v) is 28.5. The highest BCUT2D eigenvalue weighted by Crippen LogP contribution is 2.37. The molecule has 0 N–H and O–H groups in total. The van der Waals surface area contributed by atoms with Gasteiger partial charge >= 0.3 is 0 Å². The lowest BCUT2D eigenvalue weighted by molar-refractivity contribution is 0.280. The lowest BCUT2D eigenvalue weighted by Crippen LogP contribution is -2.66. The first-order valence-corrected chi connectivity index (χ1v) is 17.6. The molecular weight excluding hydrogens is 599 g/mol. The Balaban J connectivity index is 1.27. The molecule has 2 heterocycles. The van der Waals surface area contributed by atoms with Gasteiger partial charge in [0.25, 0.3) is 8.32 Å². The molecule has 0 saturated carbocycles. The molecule has 2 aromatic heterocycles. The number of aromatic nitrogens is 3. The summed E-state index contributed by atoms with van der Waals surface area (Å²) in [5.74, 6) is 8.18. The van der Waals surface area contributed by atoms with E-state index in [1.54, 1.807) is 13.3 Å². The fourth-order valence-electron chi connectivity index (χ4n) is 6.02. The maximum atomic E-state index is 7.11. The van der Waals surface area contributed by atoms with Crippen molar-refractivity contribution in [2.45, 2.75) is 39.0 Å². The van der Waals surface area contributed by atoms with E-state index >= 15 is 0 Å². The number of hydrogen-bond donors (Lipinski definition) is 0. The molecule has 6 aromatic rings. The van der Waals surface area contributed by atoms with Gasteiger partial charge in [0.05, 0.1) is 19.4 Å². The summed E-state index contributed by atoms with van der Waals surface area (Å²) in [6.45, 7) is 7.63. The Morgan fingerprint density at radius 2 is 1.45 bits per heavy atom. The van der Waals surface area contributed by atoms with Gasteiger partial charge in [-0.15, -0.1) is 0 Å². The Hall–Kier alpha value is -5.16. The van der Waals surface area contributed by atoms with Crippen LogP contribution in [0.1, 0.15) is 43.3 Å². The highest BCUT2D eigenvalue weighted by molar-refractivity contribution is 6.99. The lowest BCUT2D eigenvalue weighted by atomic mass is 10.1. The standard InChI is InChI=1S/C40H39N3O3Si/c1-40(2,3)47(36-14-8-6-9-15-36,37-16-10-7-11-17-37)46-29-33-27-34(43(4)42-33)21-18-31-25-32-13-12-24-41-39(32)38(26-31)45-28-30-19-22-35(44-5)23-20-30/h6-17,19-20,22-27H,28-29H2,1-5H3. The number of rotatable bonds is 9. The molecule has 0 aliphatic heterocycles. The van der Waals surface area contributed by atoms with E-state index in [2.05, 4.69) is 98.3 Å². The third-order valence-electron chi connectivity index (χ3n) is 8.34. The highest BCUT2D eigenvalue weighted by Gasteiger charge is 2.50. The Morgan fingerprint density at radius 1 is 0.766 bits per heavy atom. The van der Waals surface area contributed by atoms with Gasteiger partial charge in [-0.1, -0.05) is 106 Å². The number of nitrogens with zero attached hydrogens (tertiary/aromatic N) is 3. The van der Waals surface area contributed by atoms with Crippen molar-refractivity contribution in [1.82, 2.24) is 14.8 Å². The second-order valence-corrected chi connectivity index (χ2v) is 16.8. The number of ether oxygens (including phenoxy) is 2. The minimum Gasteiger partial charge on any atom is -0.497 e. The van der Waals surface area contributed by atoms with Crippen molar-refractivity contribution in [1.29, 1.82) is 0 Å². The van der Waals surface area contributed by atoms with Gasteiger partial charge in [-0.2, -0.15) is 5.10 Å². The Morgan fingerprint density at radius 3 is 2.09 bits per heavy atom. The van der Waals surface area contributed by atoms with Crippen molar-refractivity contribution in [2.75, 3.05) is 7.11 Å². The summed E-state index contributed by atoms with van der Waals surface area (Å²) in [7, 11) is 0.888. The number of hydrogen-bond acceptors (Lipinski definition) is 5. The molecule has 0 fully saturated rings. The normalized spacial score (nSPS) is 11.6. The molecule has 0 bridgehead atoms. The number of fused-ring (bicyclic) bond motifs is 1. The van der Waals surface area contributed by atoms with Crippen molar-refractivity contribution >= 4 is 29.6 Å². The van der Waals surface area contributed by atoms with Crippen LogP contribution >= 0.6 is 0 Å². The van der Waals surface area contributed by atoms with Crippen LogP contribution in [0.5, 0.6) is 11.5 Å². The summed E-state index contributed by atoms with van der Waals surface area (Å²) in [4.78, 5) is 4.58. The molecule has 0 unspecified atom stereocenters.